The lowest BCUT2D eigenvalue weighted by molar-refractivity contribution is -0.124. The summed E-state index contributed by atoms with van der Waals surface area (Å²) in [4.78, 5) is 11.4. The highest BCUT2D eigenvalue weighted by Crippen LogP contribution is 2.32. The molecule has 3 atom stereocenters. The van der Waals surface area contributed by atoms with Gasteiger partial charge in [-0.2, -0.15) is 0 Å². The van der Waals surface area contributed by atoms with E-state index in [4.69, 9.17) is 15.2 Å². The largest absolute Gasteiger partial charge is 0.381 e. The van der Waals surface area contributed by atoms with Crippen molar-refractivity contribution in [3.63, 3.8) is 0 Å². The molecule has 2 fully saturated rings. The SMILES string of the molecule is CNC1(C(N)=O)CCC(OCC2CCOC2)C1. The van der Waals surface area contributed by atoms with E-state index in [0.29, 0.717) is 12.3 Å². The summed E-state index contributed by atoms with van der Waals surface area (Å²) >= 11 is 0. The summed E-state index contributed by atoms with van der Waals surface area (Å²) in [5, 5.41) is 3.06. The van der Waals surface area contributed by atoms with Gasteiger partial charge in [-0.05, 0) is 26.3 Å². The number of hydrogen-bond donors (Lipinski definition) is 2. The van der Waals surface area contributed by atoms with Crippen molar-refractivity contribution in [1.82, 2.24) is 5.32 Å². The van der Waals surface area contributed by atoms with Crippen molar-refractivity contribution in [2.45, 2.75) is 37.3 Å². The van der Waals surface area contributed by atoms with Gasteiger partial charge in [-0.1, -0.05) is 0 Å². The van der Waals surface area contributed by atoms with Gasteiger partial charge in [0, 0.05) is 18.9 Å². The maximum atomic E-state index is 11.4. The van der Waals surface area contributed by atoms with Crippen molar-refractivity contribution in [2.75, 3.05) is 26.9 Å². The molecule has 0 radical (unpaired) electrons. The molecule has 2 rings (SSSR count). The Morgan fingerprint density at radius 3 is 2.94 bits per heavy atom. The fraction of sp³-hybridized carbons (Fsp3) is 0.917. The van der Waals surface area contributed by atoms with Crippen LogP contribution in [0, 0.1) is 5.92 Å². The van der Waals surface area contributed by atoms with Gasteiger partial charge in [0.2, 0.25) is 5.91 Å². The van der Waals surface area contributed by atoms with E-state index in [9.17, 15) is 4.79 Å². The van der Waals surface area contributed by atoms with Crippen LogP contribution in [0.15, 0.2) is 0 Å². The lowest BCUT2D eigenvalue weighted by Gasteiger charge is -2.25. The second-order valence-corrected chi connectivity index (χ2v) is 5.12. The molecule has 5 heteroatoms. The molecule has 1 amide bonds. The highest BCUT2D eigenvalue weighted by Gasteiger charge is 2.43. The van der Waals surface area contributed by atoms with E-state index in [-0.39, 0.29) is 12.0 Å². The molecule has 17 heavy (non-hydrogen) atoms. The number of primary amides is 1. The second-order valence-electron chi connectivity index (χ2n) is 5.12. The number of likely N-dealkylation sites (N-methyl/N-ethyl adjacent to an activating group) is 1. The van der Waals surface area contributed by atoms with Gasteiger partial charge in [0.05, 0.1) is 24.9 Å². The molecule has 0 aromatic rings. The average Bonchev–Trinajstić information content (AvgIpc) is 2.96. The molecule has 1 saturated carbocycles. The second kappa shape index (κ2) is 5.33. The van der Waals surface area contributed by atoms with Gasteiger partial charge >= 0.3 is 0 Å². The third-order valence-corrected chi connectivity index (χ3v) is 4.01. The van der Waals surface area contributed by atoms with Crippen molar-refractivity contribution in [1.29, 1.82) is 0 Å². The first-order valence-corrected chi connectivity index (χ1v) is 6.34. The molecule has 1 aliphatic carbocycles. The quantitative estimate of drug-likeness (QED) is 0.713. The molecule has 1 heterocycles. The number of rotatable bonds is 5. The molecule has 1 saturated heterocycles. The molecule has 1 aliphatic heterocycles. The Bertz CT molecular complexity index is 279. The van der Waals surface area contributed by atoms with Crippen LogP contribution < -0.4 is 11.1 Å². The Morgan fingerprint density at radius 2 is 2.41 bits per heavy atom. The van der Waals surface area contributed by atoms with E-state index in [1.54, 1.807) is 7.05 Å². The zero-order chi connectivity index (χ0) is 12.3. The molecule has 98 valence electrons. The summed E-state index contributed by atoms with van der Waals surface area (Å²) in [7, 11) is 1.79. The number of hydrogen-bond acceptors (Lipinski definition) is 4. The van der Waals surface area contributed by atoms with E-state index in [1.807, 2.05) is 0 Å². The van der Waals surface area contributed by atoms with Crippen molar-refractivity contribution < 1.29 is 14.3 Å². The standard InChI is InChI=1S/C12H22N2O3/c1-14-12(11(13)15)4-2-10(6-12)17-8-9-3-5-16-7-9/h9-10,14H,2-8H2,1H3,(H2,13,15). The third-order valence-electron chi connectivity index (χ3n) is 4.01. The molecule has 2 aliphatic rings. The summed E-state index contributed by atoms with van der Waals surface area (Å²) < 4.78 is 11.2. The van der Waals surface area contributed by atoms with Gasteiger partial charge in [-0.15, -0.1) is 0 Å². The summed E-state index contributed by atoms with van der Waals surface area (Å²) in [5.41, 5.74) is 4.89. The van der Waals surface area contributed by atoms with Crippen LogP contribution in [-0.4, -0.2) is 44.4 Å². The molecule has 5 nitrogen and oxygen atoms in total. The van der Waals surface area contributed by atoms with E-state index in [1.165, 1.54) is 0 Å². The van der Waals surface area contributed by atoms with Crippen LogP contribution >= 0.6 is 0 Å². The van der Waals surface area contributed by atoms with Crippen LogP contribution in [0.3, 0.4) is 0 Å². The smallest absolute Gasteiger partial charge is 0.237 e. The summed E-state index contributed by atoms with van der Waals surface area (Å²) in [6.45, 7) is 2.39. The number of carbonyl (C=O) groups excluding carboxylic acids is 1. The highest BCUT2D eigenvalue weighted by atomic mass is 16.5. The number of nitrogens with one attached hydrogen (secondary N) is 1. The number of nitrogens with two attached hydrogens (primary N) is 1. The molecular formula is C12H22N2O3. The van der Waals surface area contributed by atoms with Crippen LogP contribution in [0.25, 0.3) is 0 Å². The molecule has 3 N–H and O–H groups in total. The van der Waals surface area contributed by atoms with Crippen LogP contribution in [0.2, 0.25) is 0 Å². The predicted molar refractivity (Wildman–Crippen MR) is 63.5 cm³/mol. The number of amides is 1. The monoisotopic (exact) mass is 242 g/mol. The van der Waals surface area contributed by atoms with E-state index >= 15 is 0 Å². The maximum absolute atomic E-state index is 11.4. The van der Waals surface area contributed by atoms with E-state index in [0.717, 1.165) is 39.1 Å². The van der Waals surface area contributed by atoms with E-state index in [2.05, 4.69) is 5.32 Å². The lowest BCUT2D eigenvalue weighted by atomic mass is 9.97. The van der Waals surface area contributed by atoms with Crippen molar-refractivity contribution in [3.8, 4) is 0 Å². The molecule has 0 aromatic heterocycles. The Hall–Kier alpha value is -0.650. The summed E-state index contributed by atoms with van der Waals surface area (Å²) in [5.74, 6) is 0.253. The van der Waals surface area contributed by atoms with E-state index < -0.39 is 5.54 Å². The minimum absolute atomic E-state index is 0.149. The predicted octanol–water partition coefficient (Wildman–Crippen LogP) is 0.0355. The average molecular weight is 242 g/mol. The third kappa shape index (κ3) is 2.78. The first kappa shape index (κ1) is 12.8. The molecule has 0 bridgehead atoms. The van der Waals surface area contributed by atoms with Gasteiger partial charge in [0.25, 0.3) is 0 Å². The van der Waals surface area contributed by atoms with Crippen LogP contribution in [0.4, 0.5) is 0 Å². The lowest BCUT2D eigenvalue weighted by Crippen LogP contribution is -2.52. The molecule has 0 spiro atoms. The number of carbonyl (C=O) groups is 1. The Kier molecular flexibility index (Phi) is 4.01. The first-order chi connectivity index (χ1) is 8.16. The Labute approximate surface area is 102 Å². The van der Waals surface area contributed by atoms with Gasteiger partial charge in [-0.3, -0.25) is 4.79 Å². The minimum Gasteiger partial charge on any atom is -0.381 e. The minimum atomic E-state index is -0.559. The normalized spacial score (nSPS) is 37.5. The van der Waals surface area contributed by atoms with Crippen molar-refractivity contribution >= 4 is 5.91 Å². The van der Waals surface area contributed by atoms with Gasteiger partial charge in [0.1, 0.15) is 0 Å². The zero-order valence-electron chi connectivity index (χ0n) is 10.4. The topological polar surface area (TPSA) is 73.6 Å². The van der Waals surface area contributed by atoms with Crippen LogP contribution in [0.5, 0.6) is 0 Å². The van der Waals surface area contributed by atoms with Crippen molar-refractivity contribution in [3.05, 3.63) is 0 Å². The fourth-order valence-corrected chi connectivity index (χ4v) is 2.70. The Balaban J connectivity index is 1.78. The molecule has 3 unspecified atom stereocenters. The molecule has 0 aromatic carbocycles. The van der Waals surface area contributed by atoms with Gasteiger partial charge in [-0.25, -0.2) is 0 Å². The molecular weight excluding hydrogens is 220 g/mol. The van der Waals surface area contributed by atoms with Crippen LogP contribution in [-0.2, 0) is 14.3 Å². The van der Waals surface area contributed by atoms with Gasteiger partial charge in [0.15, 0.2) is 0 Å². The fourth-order valence-electron chi connectivity index (χ4n) is 2.70. The highest BCUT2D eigenvalue weighted by molar-refractivity contribution is 5.85. The summed E-state index contributed by atoms with van der Waals surface area (Å²) in [6.07, 6.45) is 3.59. The number of ether oxygens (including phenoxy) is 2. The zero-order valence-corrected chi connectivity index (χ0v) is 10.4. The van der Waals surface area contributed by atoms with Crippen molar-refractivity contribution in [2.24, 2.45) is 11.7 Å². The maximum Gasteiger partial charge on any atom is 0.237 e. The summed E-state index contributed by atoms with van der Waals surface area (Å²) in [6, 6.07) is 0. The Morgan fingerprint density at radius 1 is 1.59 bits per heavy atom. The van der Waals surface area contributed by atoms with Gasteiger partial charge < -0.3 is 20.5 Å². The first-order valence-electron chi connectivity index (χ1n) is 6.34. The van der Waals surface area contributed by atoms with Crippen LogP contribution in [0.1, 0.15) is 25.7 Å².